The molecule has 0 bridgehead atoms. The predicted octanol–water partition coefficient (Wildman–Crippen LogP) is 4.34. The van der Waals surface area contributed by atoms with Crippen LogP contribution in [-0.4, -0.2) is 24.0 Å². The maximum Gasteiger partial charge on any atom is 0.251 e. The fourth-order valence-electron chi connectivity index (χ4n) is 2.82. The van der Waals surface area contributed by atoms with Crippen LogP contribution in [0.4, 0.5) is 0 Å². The van der Waals surface area contributed by atoms with Gasteiger partial charge in [0, 0.05) is 22.3 Å². The summed E-state index contributed by atoms with van der Waals surface area (Å²) < 4.78 is 0. The van der Waals surface area contributed by atoms with E-state index in [-0.39, 0.29) is 5.91 Å². The van der Waals surface area contributed by atoms with Crippen molar-refractivity contribution in [1.29, 1.82) is 0 Å². The van der Waals surface area contributed by atoms with Crippen LogP contribution in [-0.2, 0) is 0 Å². The summed E-state index contributed by atoms with van der Waals surface area (Å²) in [7, 11) is 0. The van der Waals surface area contributed by atoms with Gasteiger partial charge in [0.05, 0.1) is 0 Å². The molecule has 0 spiro atoms. The minimum atomic E-state index is 0.0524. The van der Waals surface area contributed by atoms with Gasteiger partial charge in [-0.1, -0.05) is 28.8 Å². The molecule has 1 aliphatic rings. The maximum absolute atomic E-state index is 12.2. The molecule has 1 saturated carbocycles. The first-order chi connectivity index (χ1) is 9.74. The van der Waals surface area contributed by atoms with Gasteiger partial charge in [-0.15, -0.1) is 11.8 Å². The normalized spacial score (nSPS) is 22.5. The second-order valence-electron chi connectivity index (χ2n) is 5.40. The standard InChI is InChI=1S/C16H22BrNOS/c1-20-15-8-6-12(7-9-15)16(19)18-11-14-5-3-2-4-13(14)10-17/h6-9,13-14H,2-5,10-11H2,1H3,(H,18,19). The lowest BCUT2D eigenvalue weighted by Crippen LogP contribution is -2.34. The third-order valence-corrected chi connectivity index (χ3v) is 5.72. The molecule has 0 saturated heterocycles. The monoisotopic (exact) mass is 355 g/mol. The van der Waals surface area contributed by atoms with E-state index in [2.05, 4.69) is 21.2 Å². The van der Waals surface area contributed by atoms with Crippen LogP contribution in [0, 0.1) is 11.8 Å². The molecule has 1 aromatic carbocycles. The summed E-state index contributed by atoms with van der Waals surface area (Å²) in [4.78, 5) is 13.3. The molecule has 20 heavy (non-hydrogen) atoms. The number of halogens is 1. The number of amides is 1. The molecule has 1 N–H and O–H groups in total. The minimum absolute atomic E-state index is 0.0524. The Bertz CT molecular complexity index is 435. The Morgan fingerprint density at radius 3 is 2.50 bits per heavy atom. The van der Waals surface area contributed by atoms with Gasteiger partial charge in [0.1, 0.15) is 0 Å². The lowest BCUT2D eigenvalue weighted by atomic mass is 9.80. The molecule has 0 radical (unpaired) electrons. The van der Waals surface area contributed by atoms with Crippen LogP contribution in [0.5, 0.6) is 0 Å². The molecule has 4 heteroatoms. The van der Waals surface area contributed by atoms with Crippen LogP contribution in [0.1, 0.15) is 36.0 Å². The molecule has 2 unspecified atom stereocenters. The highest BCUT2D eigenvalue weighted by Gasteiger charge is 2.24. The molecule has 1 aromatic rings. The van der Waals surface area contributed by atoms with Crippen molar-refractivity contribution < 1.29 is 4.79 Å². The average Bonchev–Trinajstić information content (AvgIpc) is 2.53. The van der Waals surface area contributed by atoms with Gasteiger partial charge in [-0.3, -0.25) is 4.79 Å². The molecule has 0 aromatic heterocycles. The van der Waals surface area contributed by atoms with E-state index in [0.29, 0.717) is 11.8 Å². The van der Waals surface area contributed by atoms with Crippen molar-refractivity contribution in [2.45, 2.75) is 30.6 Å². The lowest BCUT2D eigenvalue weighted by Gasteiger charge is -2.30. The Balaban J connectivity index is 1.87. The van der Waals surface area contributed by atoms with Gasteiger partial charge >= 0.3 is 0 Å². The first-order valence-corrected chi connectivity index (χ1v) is 9.57. The quantitative estimate of drug-likeness (QED) is 0.628. The van der Waals surface area contributed by atoms with Crippen LogP contribution in [0.15, 0.2) is 29.2 Å². The molecule has 1 aliphatic carbocycles. The number of hydrogen-bond acceptors (Lipinski definition) is 2. The van der Waals surface area contributed by atoms with Gasteiger partial charge in [0.15, 0.2) is 0 Å². The third kappa shape index (κ3) is 4.26. The van der Waals surface area contributed by atoms with Crippen molar-refractivity contribution in [2.24, 2.45) is 11.8 Å². The zero-order valence-corrected chi connectivity index (χ0v) is 14.3. The second-order valence-corrected chi connectivity index (χ2v) is 6.92. The van der Waals surface area contributed by atoms with Gasteiger partial charge in [0.25, 0.3) is 5.91 Å². The second kappa shape index (κ2) is 8.08. The summed E-state index contributed by atoms with van der Waals surface area (Å²) in [6.07, 6.45) is 7.19. The van der Waals surface area contributed by atoms with E-state index in [9.17, 15) is 4.79 Å². The number of carbonyl (C=O) groups is 1. The summed E-state index contributed by atoms with van der Waals surface area (Å²) in [5, 5.41) is 4.16. The zero-order chi connectivity index (χ0) is 14.4. The van der Waals surface area contributed by atoms with Gasteiger partial charge in [-0.05, 0) is 55.2 Å². The summed E-state index contributed by atoms with van der Waals surface area (Å²) in [5.41, 5.74) is 0.758. The summed E-state index contributed by atoms with van der Waals surface area (Å²) >= 11 is 5.30. The first kappa shape index (κ1) is 15.9. The Morgan fingerprint density at radius 1 is 1.25 bits per heavy atom. The van der Waals surface area contributed by atoms with Gasteiger partial charge in [-0.25, -0.2) is 0 Å². The molecular formula is C16H22BrNOS. The molecule has 2 atom stereocenters. The molecule has 110 valence electrons. The van der Waals surface area contributed by atoms with Crippen molar-refractivity contribution >= 4 is 33.6 Å². The van der Waals surface area contributed by atoms with E-state index in [1.165, 1.54) is 30.6 Å². The largest absolute Gasteiger partial charge is 0.352 e. The summed E-state index contributed by atoms with van der Waals surface area (Å²) in [6, 6.07) is 7.82. The van der Waals surface area contributed by atoms with Gasteiger partial charge < -0.3 is 5.32 Å². The van der Waals surface area contributed by atoms with E-state index in [1.807, 2.05) is 30.5 Å². The van der Waals surface area contributed by atoms with E-state index in [0.717, 1.165) is 17.4 Å². The Kier molecular flexibility index (Phi) is 6.43. The average molecular weight is 356 g/mol. The van der Waals surface area contributed by atoms with Crippen LogP contribution in [0.3, 0.4) is 0 Å². The molecule has 2 rings (SSSR count). The smallest absolute Gasteiger partial charge is 0.251 e. The van der Waals surface area contributed by atoms with Crippen LogP contribution in [0.2, 0.25) is 0 Å². The SMILES string of the molecule is CSc1ccc(C(=O)NCC2CCCCC2CBr)cc1. The Morgan fingerprint density at radius 2 is 1.90 bits per heavy atom. The summed E-state index contributed by atoms with van der Waals surface area (Å²) in [5.74, 6) is 1.39. The number of alkyl halides is 1. The molecule has 0 heterocycles. The maximum atomic E-state index is 12.2. The van der Waals surface area contributed by atoms with Gasteiger partial charge in [0.2, 0.25) is 0 Å². The van der Waals surface area contributed by atoms with Crippen molar-refractivity contribution in [3.63, 3.8) is 0 Å². The Hall–Kier alpha value is -0.480. The van der Waals surface area contributed by atoms with Gasteiger partial charge in [-0.2, -0.15) is 0 Å². The number of thioether (sulfide) groups is 1. The van der Waals surface area contributed by atoms with E-state index >= 15 is 0 Å². The number of carbonyl (C=O) groups excluding carboxylic acids is 1. The molecule has 1 amide bonds. The summed E-state index contributed by atoms with van der Waals surface area (Å²) in [6.45, 7) is 0.805. The molecular weight excluding hydrogens is 334 g/mol. The van der Waals surface area contributed by atoms with Crippen LogP contribution < -0.4 is 5.32 Å². The van der Waals surface area contributed by atoms with Crippen molar-refractivity contribution in [2.75, 3.05) is 18.1 Å². The Labute approximate surface area is 134 Å². The fraction of sp³-hybridized carbons (Fsp3) is 0.562. The van der Waals surface area contributed by atoms with Crippen LogP contribution in [0.25, 0.3) is 0 Å². The highest BCUT2D eigenvalue weighted by molar-refractivity contribution is 9.09. The lowest BCUT2D eigenvalue weighted by molar-refractivity contribution is 0.0937. The number of benzene rings is 1. The fourth-order valence-corrected chi connectivity index (χ4v) is 4.09. The molecule has 2 nitrogen and oxygen atoms in total. The van der Waals surface area contributed by atoms with Crippen LogP contribution >= 0.6 is 27.7 Å². The zero-order valence-electron chi connectivity index (χ0n) is 11.9. The van der Waals surface area contributed by atoms with E-state index in [1.54, 1.807) is 11.8 Å². The number of hydrogen-bond donors (Lipinski definition) is 1. The number of rotatable bonds is 5. The first-order valence-electron chi connectivity index (χ1n) is 7.23. The topological polar surface area (TPSA) is 29.1 Å². The van der Waals surface area contributed by atoms with Crippen molar-refractivity contribution in [1.82, 2.24) is 5.32 Å². The van der Waals surface area contributed by atoms with E-state index in [4.69, 9.17) is 0 Å². The van der Waals surface area contributed by atoms with Crippen molar-refractivity contribution in [3.8, 4) is 0 Å². The molecule has 0 aliphatic heterocycles. The molecule has 1 fully saturated rings. The predicted molar refractivity (Wildman–Crippen MR) is 89.8 cm³/mol. The highest BCUT2D eigenvalue weighted by atomic mass is 79.9. The van der Waals surface area contributed by atoms with E-state index < -0.39 is 0 Å². The third-order valence-electron chi connectivity index (χ3n) is 4.14. The highest BCUT2D eigenvalue weighted by Crippen LogP contribution is 2.30. The van der Waals surface area contributed by atoms with Crippen molar-refractivity contribution in [3.05, 3.63) is 29.8 Å². The number of nitrogens with one attached hydrogen (secondary N) is 1. The minimum Gasteiger partial charge on any atom is -0.352 e.